The standard InChI is InChI=1S/C36H37N3O11S3/c1-19-15-28-25(16-31(19)52(44,45)46)33(24-12-8-9-13-30(24)51(41,42)43)26-17-32(53(47,48)49)27(18-29(26)50-28)38-34-20(2)14-21(3)35(22(34)4)39-36(40)37-23-10-6-5-7-11-23/h8-9,12-18,23,38H,1,5-7,10-11H2,2-4H3,(H2,37,39,40)(H,41,42,43)(H,44,45,46)(H,47,48,49). The SMILES string of the molecule is C=c1cc2c(cc1S(=O)(=O)O)=C(c1ccccc1S(=O)(=O)O)c1cc(S(=O)(=O)O)c(Nc3c(C)cc(C)c(NC(=O)NC4CCCCC4)c3C)cc1O2. The Morgan fingerprint density at radius 3 is 2.00 bits per heavy atom. The summed E-state index contributed by atoms with van der Waals surface area (Å²) < 4.78 is 113. The van der Waals surface area contributed by atoms with Gasteiger partial charge in [0.15, 0.2) is 0 Å². The molecule has 0 unspecified atom stereocenters. The van der Waals surface area contributed by atoms with E-state index in [2.05, 4.69) is 22.5 Å². The molecule has 1 saturated carbocycles. The number of fused-ring (bicyclic) bond motifs is 2. The van der Waals surface area contributed by atoms with E-state index in [0.717, 1.165) is 55.9 Å². The molecule has 1 fully saturated rings. The van der Waals surface area contributed by atoms with Crippen LogP contribution in [0.25, 0.3) is 12.2 Å². The molecule has 0 bridgehead atoms. The summed E-state index contributed by atoms with van der Waals surface area (Å²) in [6, 6.07) is 11.1. The van der Waals surface area contributed by atoms with Gasteiger partial charge in [0, 0.05) is 39.7 Å². The van der Waals surface area contributed by atoms with E-state index in [1.54, 1.807) is 19.9 Å². The average Bonchev–Trinajstić information content (AvgIpc) is 3.06. The van der Waals surface area contributed by atoms with Crippen molar-refractivity contribution in [1.29, 1.82) is 0 Å². The lowest BCUT2D eigenvalue weighted by atomic mass is 9.92. The second-order valence-corrected chi connectivity index (χ2v) is 17.3. The number of carbonyl (C=O) groups excluding carboxylic acids is 1. The van der Waals surface area contributed by atoms with Crippen LogP contribution < -0.4 is 31.1 Å². The highest BCUT2D eigenvalue weighted by Gasteiger charge is 2.31. The predicted molar refractivity (Wildman–Crippen MR) is 198 cm³/mol. The third-order valence-corrected chi connectivity index (χ3v) is 12.1. The third kappa shape index (κ3) is 7.67. The van der Waals surface area contributed by atoms with Crippen LogP contribution in [0.2, 0.25) is 0 Å². The molecule has 2 amide bonds. The highest BCUT2D eigenvalue weighted by Crippen LogP contribution is 2.44. The Hall–Kier alpha value is -4.78. The molecular weight excluding hydrogens is 747 g/mol. The number of benzene rings is 4. The minimum atomic E-state index is -5.05. The van der Waals surface area contributed by atoms with E-state index in [1.165, 1.54) is 30.3 Å². The maximum Gasteiger partial charge on any atom is 0.319 e. The van der Waals surface area contributed by atoms with Crippen molar-refractivity contribution in [2.75, 3.05) is 10.6 Å². The highest BCUT2D eigenvalue weighted by atomic mass is 32.2. The van der Waals surface area contributed by atoms with Gasteiger partial charge in [-0.2, -0.15) is 25.3 Å². The first kappa shape index (κ1) is 38.0. The number of nitrogens with one attached hydrogen (secondary N) is 3. The lowest BCUT2D eigenvalue weighted by Crippen LogP contribution is -2.39. The van der Waals surface area contributed by atoms with Gasteiger partial charge in [0.25, 0.3) is 30.4 Å². The molecule has 53 heavy (non-hydrogen) atoms. The first-order chi connectivity index (χ1) is 24.7. The molecule has 0 spiro atoms. The number of urea groups is 1. The molecule has 1 heterocycles. The molecule has 6 rings (SSSR count). The van der Waals surface area contributed by atoms with Gasteiger partial charge in [0.05, 0.1) is 11.4 Å². The van der Waals surface area contributed by atoms with E-state index in [4.69, 9.17) is 4.74 Å². The Labute approximate surface area is 306 Å². The normalized spacial score (nSPS) is 14.9. The van der Waals surface area contributed by atoms with Gasteiger partial charge >= 0.3 is 6.03 Å². The molecule has 4 aromatic rings. The maximum absolute atomic E-state index is 13.0. The number of ether oxygens (including phenoxy) is 1. The number of aryl methyl sites for hydroxylation is 2. The van der Waals surface area contributed by atoms with Crippen LogP contribution in [0.5, 0.6) is 11.5 Å². The van der Waals surface area contributed by atoms with Crippen LogP contribution in [-0.4, -0.2) is 51.0 Å². The molecule has 1 aliphatic heterocycles. The summed E-state index contributed by atoms with van der Waals surface area (Å²) in [6.45, 7) is 9.01. The van der Waals surface area contributed by atoms with E-state index in [-0.39, 0.29) is 56.4 Å². The summed E-state index contributed by atoms with van der Waals surface area (Å²) in [5.74, 6) is -0.0991. The quantitative estimate of drug-likeness (QED) is 0.110. The van der Waals surface area contributed by atoms with Crippen molar-refractivity contribution in [3.05, 3.63) is 92.9 Å². The van der Waals surface area contributed by atoms with E-state index in [0.29, 0.717) is 22.5 Å². The summed E-state index contributed by atoms with van der Waals surface area (Å²) in [4.78, 5) is 11.1. The zero-order chi connectivity index (χ0) is 38.6. The zero-order valence-electron chi connectivity index (χ0n) is 28.8. The fraction of sp³-hybridized carbons (Fsp3) is 0.250. The van der Waals surface area contributed by atoms with Crippen LogP contribution in [-0.2, 0) is 30.4 Å². The first-order valence-corrected chi connectivity index (χ1v) is 20.8. The van der Waals surface area contributed by atoms with Gasteiger partial charge in [-0.15, -0.1) is 0 Å². The van der Waals surface area contributed by atoms with Gasteiger partial charge in [-0.3, -0.25) is 13.7 Å². The zero-order valence-corrected chi connectivity index (χ0v) is 31.3. The Balaban J connectivity index is 1.55. The molecule has 14 nitrogen and oxygen atoms in total. The smallest absolute Gasteiger partial charge is 0.319 e. The molecule has 0 atom stereocenters. The molecule has 6 N–H and O–H groups in total. The summed E-state index contributed by atoms with van der Waals surface area (Å²) in [6.07, 6.45) is 4.95. The Bertz CT molecular complexity index is 2650. The predicted octanol–water partition coefficient (Wildman–Crippen LogP) is 5.31. The van der Waals surface area contributed by atoms with Crippen LogP contribution in [0.15, 0.2) is 69.3 Å². The lowest BCUT2D eigenvalue weighted by molar-refractivity contribution is 0.244. The van der Waals surface area contributed by atoms with Gasteiger partial charge < -0.3 is 20.7 Å². The third-order valence-electron chi connectivity index (χ3n) is 9.40. The fourth-order valence-corrected chi connectivity index (χ4v) is 9.02. The van der Waals surface area contributed by atoms with Gasteiger partial charge in [-0.25, -0.2) is 4.79 Å². The fourth-order valence-electron chi connectivity index (χ4n) is 7.01. The van der Waals surface area contributed by atoms with Gasteiger partial charge in [0.1, 0.15) is 26.2 Å². The Morgan fingerprint density at radius 2 is 1.36 bits per heavy atom. The first-order valence-electron chi connectivity index (χ1n) is 16.4. The van der Waals surface area contributed by atoms with Crippen LogP contribution >= 0.6 is 0 Å². The molecule has 17 heteroatoms. The second-order valence-electron chi connectivity index (χ2n) is 13.1. The monoisotopic (exact) mass is 783 g/mol. The summed E-state index contributed by atoms with van der Waals surface area (Å²) >= 11 is 0. The molecule has 0 saturated heterocycles. The van der Waals surface area contributed by atoms with E-state index in [1.807, 2.05) is 6.92 Å². The van der Waals surface area contributed by atoms with E-state index < -0.39 is 45.0 Å². The topological polar surface area (TPSA) is 225 Å². The minimum Gasteiger partial charge on any atom is -0.456 e. The number of hydrogen-bond donors (Lipinski definition) is 6. The molecule has 280 valence electrons. The molecular formula is C36H37N3O11S3. The minimum absolute atomic E-state index is 0.0428. The van der Waals surface area contributed by atoms with Crippen LogP contribution in [0.4, 0.5) is 21.9 Å². The summed E-state index contributed by atoms with van der Waals surface area (Å²) in [5.41, 5.74) is 2.31. The highest BCUT2D eigenvalue weighted by molar-refractivity contribution is 7.86. The van der Waals surface area contributed by atoms with E-state index >= 15 is 0 Å². The maximum atomic E-state index is 13.0. The summed E-state index contributed by atoms with van der Waals surface area (Å²) in [5, 5.41) is 8.77. The summed E-state index contributed by atoms with van der Waals surface area (Å²) in [7, 11) is -14.8. The van der Waals surface area contributed by atoms with Gasteiger partial charge in [-0.05, 0) is 79.8 Å². The van der Waals surface area contributed by atoms with Crippen LogP contribution in [0.3, 0.4) is 0 Å². The van der Waals surface area contributed by atoms with Gasteiger partial charge in [-0.1, -0.05) is 50.1 Å². The second kappa shape index (κ2) is 13.9. The number of amides is 2. The van der Waals surface area contributed by atoms with Crippen molar-refractivity contribution < 1.29 is 48.4 Å². The lowest BCUT2D eigenvalue weighted by Gasteiger charge is -2.26. The number of anilines is 3. The van der Waals surface area contributed by atoms with Crippen molar-refractivity contribution in [2.45, 2.75) is 73.6 Å². The van der Waals surface area contributed by atoms with Crippen LogP contribution in [0.1, 0.15) is 59.9 Å². The Morgan fingerprint density at radius 1 is 0.736 bits per heavy atom. The van der Waals surface area contributed by atoms with Gasteiger partial charge in [0.2, 0.25) is 0 Å². The molecule has 4 aromatic carbocycles. The number of rotatable bonds is 8. The molecule has 2 aliphatic rings. The van der Waals surface area contributed by atoms with Crippen molar-refractivity contribution in [1.82, 2.24) is 5.32 Å². The van der Waals surface area contributed by atoms with Crippen molar-refractivity contribution in [3.63, 3.8) is 0 Å². The number of carbonyl (C=O) groups is 1. The van der Waals surface area contributed by atoms with Crippen molar-refractivity contribution in [3.8, 4) is 11.5 Å². The largest absolute Gasteiger partial charge is 0.456 e. The molecule has 1 aliphatic carbocycles. The number of hydrogen-bond acceptors (Lipinski definition) is 9. The molecule has 0 radical (unpaired) electrons. The molecule has 0 aromatic heterocycles. The van der Waals surface area contributed by atoms with Crippen molar-refractivity contribution in [2.24, 2.45) is 0 Å². The van der Waals surface area contributed by atoms with Crippen molar-refractivity contribution >= 4 is 65.6 Å². The van der Waals surface area contributed by atoms with E-state index in [9.17, 15) is 43.7 Å². The Kier molecular flexibility index (Phi) is 9.95. The van der Waals surface area contributed by atoms with Crippen LogP contribution in [0, 0.1) is 20.8 Å². The average molecular weight is 784 g/mol.